The van der Waals surface area contributed by atoms with Crippen LogP contribution in [0.2, 0.25) is 0 Å². The van der Waals surface area contributed by atoms with Gasteiger partial charge in [0.1, 0.15) is 24.4 Å². The second-order valence-electron chi connectivity index (χ2n) is 18.7. The molecule has 0 bridgehead atoms. The van der Waals surface area contributed by atoms with E-state index in [0.29, 0.717) is 6.42 Å². The highest BCUT2D eigenvalue weighted by molar-refractivity contribution is 5.76. The Balaban J connectivity index is 2.25. The topological polar surface area (TPSA) is 149 Å². The SMILES string of the molecule is CCCCCCCCCCCCCCCCCCCCCC/C=C/CC/C=C/C(O)C(COC1OC(CO)C(O)C(O)C1O)NC(=O)CCCCCCCCCCCCCCC. The number of rotatable bonds is 45. The Morgan fingerprint density at radius 3 is 1.35 bits per heavy atom. The number of hydrogen-bond donors (Lipinski definition) is 6. The van der Waals surface area contributed by atoms with Crippen molar-refractivity contribution in [3.8, 4) is 0 Å². The molecule has 0 aliphatic carbocycles. The van der Waals surface area contributed by atoms with E-state index in [9.17, 15) is 30.3 Å². The molecule has 9 heteroatoms. The summed E-state index contributed by atoms with van der Waals surface area (Å²) in [6.45, 7) is 3.78. The van der Waals surface area contributed by atoms with Gasteiger partial charge in [0.15, 0.2) is 6.29 Å². The van der Waals surface area contributed by atoms with Crippen LogP contribution in [0, 0.1) is 0 Å². The number of ether oxygens (including phenoxy) is 2. The van der Waals surface area contributed by atoms with Crippen LogP contribution in [0.3, 0.4) is 0 Å². The molecule has 1 amide bonds. The number of allylic oxidation sites excluding steroid dienone is 3. The first kappa shape index (κ1) is 58.7. The van der Waals surface area contributed by atoms with Crippen molar-refractivity contribution in [1.29, 1.82) is 0 Å². The van der Waals surface area contributed by atoms with Gasteiger partial charge in [-0.3, -0.25) is 4.79 Å². The van der Waals surface area contributed by atoms with Crippen molar-refractivity contribution in [1.82, 2.24) is 5.32 Å². The summed E-state index contributed by atoms with van der Waals surface area (Å²) in [5.74, 6) is -0.184. The minimum atomic E-state index is -1.57. The van der Waals surface area contributed by atoms with E-state index in [0.717, 1.165) is 38.5 Å². The van der Waals surface area contributed by atoms with E-state index in [4.69, 9.17) is 9.47 Å². The Labute approximate surface area is 381 Å². The number of carbonyl (C=O) groups excluding carboxylic acids is 1. The first-order chi connectivity index (χ1) is 30.3. The minimum absolute atomic E-state index is 0.184. The predicted octanol–water partition coefficient (Wildman–Crippen LogP) is 12.2. The van der Waals surface area contributed by atoms with E-state index in [2.05, 4.69) is 31.3 Å². The predicted molar refractivity (Wildman–Crippen MR) is 258 cm³/mol. The molecule has 9 nitrogen and oxygen atoms in total. The average molecular weight is 880 g/mol. The van der Waals surface area contributed by atoms with Crippen LogP contribution in [0.4, 0.5) is 0 Å². The van der Waals surface area contributed by atoms with Gasteiger partial charge in [-0.1, -0.05) is 237 Å². The molecule has 0 spiro atoms. The number of unbranched alkanes of at least 4 members (excludes halogenated alkanes) is 33. The summed E-state index contributed by atoms with van der Waals surface area (Å²) in [6.07, 6.45) is 46.7. The van der Waals surface area contributed by atoms with Gasteiger partial charge in [-0.2, -0.15) is 0 Å². The van der Waals surface area contributed by atoms with Crippen LogP contribution < -0.4 is 5.32 Å². The molecule has 0 aromatic rings. The van der Waals surface area contributed by atoms with Crippen molar-refractivity contribution in [3.05, 3.63) is 24.3 Å². The van der Waals surface area contributed by atoms with Crippen LogP contribution >= 0.6 is 0 Å². The maximum atomic E-state index is 13.0. The normalized spacial score (nSPS) is 20.4. The molecule has 0 aromatic heterocycles. The molecule has 62 heavy (non-hydrogen) atoms. The van der Waals surface area contributed by atoms with Crippen LogP contribution in [0.1, 0.15) is 251 Å². The third-order valence-electron chi connectivity index (χ3n) is 12.8. The smallest absolute Gasteiger partial charge is 0.220 e. The van der Waals surface area contributed by atoms with Gasteiger partial charge in [-0.05, 0) is 32.1 Å². The summed E-state index contributed by atoms with van der Waals surface area (Å²) in [5.41, 5.74) is 0. The molecule has 1 aliphatic heterocycles. The molecule has 7 unspecified atom stereocenters. The Morgan fingerprint density at radius 2 is 0.919 bits per heavy atom. The minimum Gasteiger partial charge on any atom is -0.394 e. The monoisotopic (exact) mass is 880 g/mol. The maximum absolute atomic E-state index is 13.0. The zero-order chi connectivity index (χ0) is 45.1. The molecule has 0 saturated carbocycles. The van der Waals surface area contributed by atoms with Crippen molar-refractivity contribution < 1.29 is 39.8 Å². The standard InChI is InChI=1S/C53H101NO8/c1-3-5-7-9-11-13-15-17-18-19-20-21-22-23-24-25-26-27-28-29-31-32-34-36-38-40-42-47(56)46(45-61-53-52(60)51(59)50(58)48(44-55)62-53)54-49(57)43-41-39-37-35-33-30-16-14-12-10-8-6-4-2/h32,34,40,42,46-48,50-53,55-56,58-60H,3-31,33,35-39,41,43-45H2,1-2H3,(H,54,57)/b34-32+,42-40+. The summed E-state index contributed by atoms with van der Waals surface area (Å²) in [4.78, 5) is 13.0. The van der Waals surface area contributed by atoms with Crippen molar-refractivity contribution in [2.75, 3.05) is 13.2 Å². The summed E-state index contributed by atoms with van der Waals surface area (Å²) in [5, 5.41) is 54.3. The van der Waals surface area contributed by atoms with Crippen molar-refractivity contribution in [3.63, 3.8) is 0 Å². The highest BCUT2D eigenvalue weighted by Crippen LogP contribution is 2.23. The van der Waals surface area contributed by atoms with E-state index < -0.39 is 49.5 Å². The second kappa shape index (κ2) is 43.6. The van der Waals surface area contributed by atoms with Crippen molar-refractivity contribution >= 4 is 5.91 Å². The molecule has 1 rings (SSSR count). The van der Waals surface area contributed by atoms with E-state index in [1.807, 2.05) is 6.08 Å². The van der Waals surface area contributed by atoms with Gasteiger partial charge in [0.05, 0.1) is 25.4 Å². The highest BCUT2D eigenvalue weighted by Gasteiger charge is 2.44. The summed E-state index contributed by atoms with van der Waals surface area (Å²) >= 11 is 0. The molecule has 366 valence electrons. The third-order valence-corrected chi connectivity index (χ3v) is 12.8. The zero-order valence-electron chi connectivity index (χ0n) is 40.4. The van der Waals surface area contributed by atoms with Crippen LogP contribution in [-0.4, -0.2) is 87.5 Å². The van der Waals surface area contributed by atoms with Gasteiger partial charge in [0.2, 0.25) is 5.91 Å². The molecule has 7 atom stereocenters. The lowest BCUT2D eigenvalue weighted by Gasteiger charge is -2.40. The fourth-order valence-corrected chi connectivity index (χ4v) is 8.53. The van der Waals surface area contributed by atoms with Crippen LogP contribution in [0.15, 0.2) is 24.3 Å². The fraction of sp³-hybridized carbons (Fsp3) is 0.906. The van der Waals surface area contributed by atoms with Crippen LogP contribution in [0.25, 0.3) is 0 Å². The summed E-state index contributed by atoms with van der Waals surface area (Å²) in [7, 11) is 0. The lowest BCUT2D eigenvalue weighted by Crippen LogP contribution is -2.60. The van der Waals surface area contributed by atoms with E-state index in [1.165, 1.54) is 193 Å². The molecule has 6 N–H and O–H groups in total. The first-order valence-electron chi connectivity index (χ1n) is 26.6. The van der Waals surface area contributed by atoms with Crippen molar-refractivity contribution in [2.24, 2.45) is 0 Å². The summed E-state index contributed by atoms with van der Waals surface area (Å²) < 4.78 is 11.2. The molecule has 1 fully saturated rings. The second-order valence-corrected chi connectivity index (χ2v) is 18.7. The molecule has 0 aromatic carbocycles. The summed E-state index contributed by atoms with van der Waals surface area (Å²) in [6, 6.07) is -0.817. The number of aliphatic hydroxyl groups is 5. The first-order valence-corrected chi connectivity index (χ1v) is 26.6. The van der Waals surface area contributed by atoms with Gasteiger partial charge >= 0.3 is 0 Å². The zero-order valence-corrected chi connectivity index (χ0v) is 40.4. The Bertz CT molecular complexity index is 1020. The van der Waals surface area contributed by atoms with E-state index >= 15 is 0 Å². The quantitative estimate of drug-likeness (QED) is 0.0262. The lowest BCUT2D eigenvalue weighted by atomic mass is 9.99. The van der Waals surface area contributed by atoms with E-state index in [-0.39, 0.29) is 12.5 Å². The number of aliphatic hydroxyl groups excluding tert-OH is 5. The van der Waals surface area contributed by atoms with Crippen molar-refractivity contribution in [2.45, 2.75) is 294 Å². The van der Waals surface area contributed by atoms with Gasteiger partial charge in [-0.15, -0.1) is 0 Å². The van der Waals surface area contributed by atoms with E-state index in [1.54, 1.807) is 6.08 Å². The van der Waals surface area contributed by atoms with Crippen LogP contribution in [0.5, 0.6) is 0 Å². The molecular weight excluding hydrogens is 779 g/mol. The average Bonchev–Trinajstić information content (AvgIpc) is 3.27. The maximum Gasteiger partial charge on any atom is 0.220 e. The molecular formula is C53H101NO8. The van der Waals surface area contributed by atoms with Gasteiger partial charge < -0.3 is 40.3 Å². The third kappa shape index (κ3) is 33.2. The molecule has 1 heterocycles. The van der Waals surface area contributed by atoms with Gasteiger partial charge in [-0.25, -0.2) is 0 Å². The van der Waals surface area contributed by atoms with Crippen LogP contribution in [-0.2, 0) is 14.3 Å². The Kier molecular flexibility index (Phi) is 41.2. The highest BCUT2D eigenvalue weighted by atomic mass is 16.7. The fourth-order valence-electron chi connectivity index (χ4n) is 8.53. The number of hydrogen-bond acceptors (Lipinski definition) is 8. The van der Waals surface area contributed by atoms with Gasteiger partial charge in [0.25, 0.3) is 0 Å². The molecule has 1 aliphatic rings. The molecule has 0 radical (unpaired) electrons. The Hall–Kier alpha value is -1.33. The Morgan fingerprint density at radius 1 is 0.532 bits per heavy atom. The van der Waals surface area contributed by atoms with Gasteiger partial charge in [0, 0.05) is 6.42 Å². The number of carbonyl (C=O) groups is 1. The lowest BCUT2D eigenvalue weighted by molar-refractivity contribution is -0.302. The molecule has 1 saturated heterocycles. The largest absolute Gasteiger partial charge is 0.394 e. The number of amides is 1. The number of nitrogens with one attached hydrogen (secondary N) is 1.